The van der Waals surface area contributed by atoms with Crippen LogP contribution in [0.5, 0.6) is 0 Å². The molecule has 0 radical (unpaired) electrons. The molecule has 1 aliphatic rings. The van der Waals surface area contributed by atoms with Gasteiger partial charge in [0, 0.05) is 5.56 Å². The topological polar surface area (TPSA) is 12.0 Å². The van der Waals surface area contributed by atoms with Crippen molar-refractivity contribution in [3.05, 3.63) is 33.8 Å². The lowest BCUT2D eigenvalue weighted by Crippen LogP contribution is -2.28. The average molecular weight is 360 g/mol. The Morgan fingerprint density at radius 2 is 1.95 bits per heavy atom. The van der Waals surface area contributed by atoms with Crippen molar-refractivity contribution in [1.29, 1.82) is 0 Å². The molecule has 21 heavy (non-hydrogen) atoms. The van der Waals surface area contributed by atoms with Gasteiger partial charge in [0.25, 0.3) is 0 Å². The molecule has 1 aromatic carbocycles. The Morgan fingerprint density at radius 1 is 1.19 bits per heavy atom. The predicted molar refractivity (Wildman–Crippen MR) is 86.5 cm³/mol. The van der Waals surface area contributed by atoms with Crippen LogP contribution in [-0.2, 0) is 0 Å². The molecule has 1 aliphatic carbocycles. The van der Waals surface area contributed by atoms with Gasteiger partial charge in [0.05, 0.1) is 4.47 Å². The van der Waals surface area contributed by atoms with Crippen molar-refractivity contribution < 1.29 is 8.78 Å². The van der Waals surface area contributed by atoms with Crippen molar-refractivity contribution in [3.8, 4) is 0 Å². The van der Waals surface area contributed by atoms with Gasteiger partial charge < -0.3 is 5.32 Å². The zero-order chi connectivity index (χ0) is 15.2. The summed E-state index contributed by atoms with van der Waals surface area (Å²) in [6.45, 7) is 3.95. The fraction of sp³-hybridized carbons (Fsp3) is 0.647. The van der Waals surface area contributed by atoms with Crippen LogP contribution < -0.4 is 5.32 Å². The summed E-state index contributed by atoms with van der Waals surface area (Å²) in [7, 11) is 0. The Kier molecular flexibility index (Phi) is 6.62. The summed E-state index contributed by atoms with van der Waals surface area (Å²) >= 11 is 3.19. The molecule has 4 heteroatoms. The van der Waals surface area contributed by atoms with Crippen LogP contribution in [0.4, 0.5) is 8.78 Å². The molecule has 1 fully saturated rings. The Hall–Kier alpha value is -0.480. The number of rotatable bonds is 5. The number of hydrogen-bond acceptors (Lipinski definition) is 1. The van der Waals surface area contributed by atoms with Crippen molar-refractivity contribution in [1.82, 2.24) is 5.32 Å². The third kappa shape index (κ3) is 4.26. The Morgan fingerprint density at radius 3 is 2.71 bits per heavy atom. The molecular formula is C17H24BrF2N. The van der Waals surface area contributed by atoms with Gasteiger partial charge in [0.1, 0.15) is 11.6 Å². The number of hydrogen-bond donors (Lipinski definition) is 1. The normalized spacial score (nSPS) is 23.0. The fourth-order valence-electron chi connectivity index (χ4n) is 3.36. The molecule has 118 valence electrons. The van der Waals surface area contributed by atoms with Gasteiger partial charge in [-0.3, -0.25) is 0 Å². The monoisotopic (exact) mass is 359 g/mol. The molecule has 0 aliphatic heterocycles. The first-order valence-corrected chi connectivity index (χ1v) is 8.78. The molecule has 2 unspecified atom stereocenters. The van der Waals surface area contributed by atoms with Crippen molar-refractivity contribution >= 4 is 15.9 Å². The molecule has 2 rings (SSSR count). The zero-order valence-corrected chi connectivity index (χ0v) is 14.2. The van der Waals surface area contributed by atoms with Gasteiger partial charge in [0.15, 0.2) is 0 Å². The minimum atomic E-state index is -0.414. The van der Waals surface area contributed by atoms with Crippen molar-refractivity contribution in [2.24, 2.45) is 5.92 Å². The first-order valence-electron chi connectivity index (χ1n) is 7.99. The Bertz CT molecular complexity index is 464. The van der Waals surface area contributed by atoms with Gasteiger partial charge in [-0.1, -0.05) is 26.2 Å². The van der Waals surface area contributed by atoms with Crippen molar-refractivity contribution in [3.63, 3.8) is 0 Å². The van der Waals surface area contributed by atoms with E-state index in [9.17, 15) is 8.78 Å². The molecule has 0 aromatic heterocycles. The molecule has 1 N–H and O–H groups in total. The summed E-state index contributed by atoms with van der Waals surface area (Å²) in [4.78, 5) is 0. The van der Waals surface area contributed by atoms with Crippen molar-refractivity contribution in [2.45, 2.75) is 51.4 Å². The number of nitrogens with one attached hydrogen (secondary N) is 1. The summed E-state index contributed by atoms with van der Waals surface area (Å²) < 4.78 is 29.0. The van der Waals surface area contributed by atoms with Gasteiger partial charge in [-0.2, -0.15) is 0 Å². The molecule has 0 amide bonds. The molecule has 0 heterocycles. The number of benzene rings is 1. The summed E-state index contributed by atoms with van der Waals surface area (Å²) in [5.74, 6) is -0.516. The lowest BCUT2D eigenvalue weighted by molar-refractivity contribution is 0.356. The van der Waals surface area contributed by atoms with Crippen LogP contribution in [0.15, 0.2) is 16.6 Å². The smallest absolute Gasteiger partial charge is 0.143 e. The van der Waals surface area contributed by atoms with Crippen molar-refractivity contribution in [2.75, 3.05) is 13.1 Å². The predicted octanol–water partition coefficient (Wildman–Crippen LogP) is 5.39. The highest BCUT2D eigenvalue weighted by atomic mass is 79.9. The van der Waals surface area contributed by atoms with E-state index in [4.69, 9.17) is 0 Å². The van der Waals surface area contributed by atoms with E-state index >= 15 is 0 Å². The van der Waals surface area contributed by atoms with Crippen LogP contribution in [0.25, 0.3) is 0 Å². The fourth-order valence-corrected chi connectivity index (χ4v) is 3.70. The van der Waals surface area contributed by atoms with Crippen LogP contribution in [-0.4, -0.2) is 13.1 Å². The molecule has 0 bridgehead atoms. The highest BCUT2D eigenvalue weighted by molar-refractivity contribution is 9.10. The summed E-state index contributed by atoms with van der Waals surface area (Å²) in [5.41, 5.74) is 0.287. The summed E-state index contributed by atoms with van der Waals surface area (Å²) in [5, 5.41) is 3.43. The number of halogens is 3. The molecule has 1 saturated carbocycles. The highest BCUT2D eigenvalue weighted by Crippen LogP contribution is 2.40. The Labute approximate surface area is 134 Å². The van der Waals surface area contributed by atoms with Gasteiger partial charge in [-0.05, 0) is 72.3 Å². The molecule has 2 atom stereocenters. The molecule has 0 saturated heterocycles. The zero-order valence-electron chi connectivity index (χ0n) is 12.6. The van der Waals surface area contributed by atoms with Crippen LogP contribution in [0.1, 0.15) is 56.9 Å². The second kappa shape index (κ2) is 8.23. The minimum absolute atomic E-state index is 0.0191. The Balaban J connectivity index is 2.25. The summed E-state index contributed by atoms with van der Waals surface area (Å²) in [6, 6.07) is 2.83. The lowest BCUT2D eigenvalue weighted by Gasteiger charge is -2.27. The van der Waals surface area contributed by atoms with Gasteiger partial charge in [0.2, 0.25) is 0 Å². The van der Waals surface area contributed by atoms with Gasteiger partial charge >= 0.3 is 0 Å². The van der Waals surface area contributed by atoms with Crippen LogP contribution in [0.2, 0.25) is 0 Å². The standard InChI is InChI=1S/C17H24BrF2N/c1-2-10-21-11-12-6-4-3-5-7-13(12)16-15(19)9-8-14(18)17(16)20/h8-9,12-13,21H,2-7,10-11H2,1H3. The van der Waals surface area contributed by atoms with E-state index in [1.165, 1.54) is 12.1 Å². The van der Waals surface area contributed by atoms with E-state index in [0.717, 1.165) is 51.6 Å². The first kappa shape index (κ1) is 16.9. The maximum atomic E-state index is 14.4. The second-order valence-corrected chi connectivity index (χ2v) is 6.82. The first-order chi connectivity index (χ1) is 10.1. The third-order valence-corrected chi connectivity index (χ3v) is 5.06. The van der Waals surface area contributed by atoms with E-state index in [-0.39, 0.29) is 11.5 Å². The van der Waals surface area contributed by atoms with Crippen LogP contribution in [0, 0.1) is 17.6 Å². The van der Waals surface area contributed by atoms with E-state index in [1.807, 2.05) is 0 Å². The maximum absolute atomic E-state index is 14.4. The molecular weight excluding hydrogens is 336 g/mol. The van der Waals surface area contributed by atoms with E-state index < -0.39 is 11.6 Å². The largest absolute Gasteiger partial charge is 0.316 e. The quantitative estimate of drug-likeness (QED) is 0.422. The highest BCUT2D eigenvalue weighted by Gasteiger charge is 2.30. The SMILES string of the molecule is CCCNCC1CCCCCC1c1c(F)ccc(Br)c1F. The van der Waals surface area contributed by atoms with Gasteiger partial charge in [-0.25, -0.2) is 8.78 Å². The van der Waals surface area contributed by atoms with Crippen LogP contribution in [0.3, 0.4) is 0 Å². The summed E-state index contributed by atoms with van der Waals surface area (Å²) in [6.07, 6.45) is 6.39. The van der Waals surface area contributed by atoms with Crippen LogP contribution >= 0.6 is 15.9 Å². The van der Waals surface area contributed by atoms with E-state index in [1.54, 1.807) is 0 Å². The maximum Gasteiger partial charge on any atom is 0.143 e. The lowest BCUT2D eigenvalue weighted by atomic mass is 9.81. The van der Waals surface area contributed by atoms with Gasteiger partial charge in [-0.15, -0.1) is 0 Å². The second-order valence-electron chi connectivity index (χ2n) is 5.97. The van der Waals surface area contributed by atoms with E-state index in [2.05, 4.69) is 28.2 Å². The minimum Gasteiger partial charge on any atom is -0.316 e. The molecule has 1 aromatic rings. The average Bonchev–Trinajstić information content (AvgIpc) is 2.70. The molecule has 0 spiro atoms. The van der Waals surface area contributed by atoms with E-state index in [0.29, 0.717) is 10.4 Å². The molecule has 1 nitrogen and oxygen atoms in total. The third-order valence-electron chi connectivity index (χ3n) is 4.44.